The minimum Gasteiger partial charge on any atom is -0.474 e. The summed E-state index contributed by atoms with van der Waals surface area (Å²) in [4.78, 5) is 15.5. The third-order valence-corrected chi connectivity index (χ3v) is 2.90. The summed E-state index contributed by atoms with van der Waals surface area (Å²) in [6.45, 7) is 5.74. The number of ether oxygens (including phenoxy) is 2. The van der Waals surface area contributed by atoms with Gasteiger partial charge in [-0.3, -0.25) is 4.79 Å². The van der Waals surface area contributed by atoms with Crippen molar-refractivity contribution >= 4 is 5.91 Å². The minimum absolute atomic E-state index is 0.0493. The van der Waals surface area contributed by atoms with Crippen LogP contribution in [0.5, 0.6) is 5.88 Å². The first-order valence-corrected chi connectivity index (χ1v) is 6.32. The number of primary amides is 1. The maximum Gasteiger partial charge on any atom is 0.254 e. The highest BCUT2D eigenvalue weighted by atomic mass is 16.5. The Morgan fingerprint density at radius 1 is 1.58 bits per heavy atom. The molecular formula is C13H19N3O3. The lowest BCUT2D eigenvalue weighted by Crippen LogP contribution is -2.46. The molecule has 0 aromatic carbocycles. The Bertz CT molecular complexity index is 464. The number of hydrogen-bond acceptors (Lipinski definition) is 5. The second kappa shape index (κ2) is 5.99. The fraction of sp³-hybridized carbons (Fsp3) is 0.538. The van der Waals surface area contributed by atoms with E-state index in [9.17, 15) is 4.79 Å². The van der Waals surface area contributed by atoms with Crippen LogP contribution in [0.15, 0.2) is 12.1 Å². The van der Waals surface area contributed by atoms with Gasteiger partial charge < -0.3 is 20.5 Å². The topological polar surface area (TPSA) is 86.5 Å². The van der Waals surface area contributed by atoms with Gasteiger partial charge >= 0.3 is 0 Å². The Morgan fingerprint density at radius 3 is 3.05 bits per heavy atom. The smallest absolute Gasteiger partial charge is 0.254 e. The molecular weight excluding hydrogens is 246 g/mol. The predicted octanol–water partition coefficient (Wildman–Crippen LogP) is 0.245. The zero-order valence-electron chi connectivity index (χ0n) is 11.2. The molecule has 0 spiro atoms. The summed E-state index contributed by atoms with van der Waals surface area (Å²) in [6.07, 6.45) is 0.107. The lowest BCUT2D eigenvalue weighted by molar-refractivity contribution is -0.0477. The van der Waals surface area contributed by atoms with E-state index in [0.29, 0.717) is 12.2 Å². The molecule has 1 aliphatic rings. The van der Waals surface area contributed by atoms with Crippen LogP contribution in [0.2, 0.25) is 0 Å². The van der Waals surface area contributed by atoms with Gasteiger partial charge in [0.15, 0.2) is 0 Å². The van der Waals surface area contributed by atoms with Crippen LogP contribution in [0.4, 0.5) is 0 Å². The summed E-state index contributed by atoms with van der Waals surface area (Å²) in [5, 5.41) is 3.25. The zero-order valence-corrected chi connectivity index (χ0v) is 11.2. The van der Waals surface area contributed by atoms with Crippen molar-refractivity contribution in [2.75, 3.05) is 19.7 Å². The number of nitrogens with two attached hydrogens (primary N) is 1. The Labute approximate surface area is 112 Å². The van der Waals surface area contributed by atoms with Crippen molar-refractivity contribution in [3.8, 4) is 5.88 Å². The number of carbonyl (C=O) groups is 1. The van der Waals surface area contributed by atoms with Gasteiger partial charge in [-0.25, -0.2) is 4.98 Å². The van der Waals surface area contributed by atoms with E-state index in [1.807, 2.05) is 13.8 Å². The average Bonchev–Trinajstić information content (AvgIpc) is 2.36. The van der Waals surface area contributed by atoms with E-state index in [0.717, 1.165) is 18.8 Å². The molecule has 2 rings (SSSR count). The van der Waals surface area contributed by atoms with Crippen molar-refractivity contribution < 1.29 is 14.3 Å². The summed E-state index contributed by atoms with van der Waals surface area (Å²) in [5.74, 6) is -0.270. The third kappa shape index (κ3) is 3.65. The number of amides is 1. The minimum atomic E-state index is -0.543. The Balaban J connectivity index is 2.02. The van der Waals surface area contributed by atoms with Gasteiger partial charge in [0.2, 0.25) is 5.88 Å². The SMILES string of the molecule is Cc1ccc(C(N)=O)c(OCC2CNCC(C)O2)n1. The first-order chi connectivity index (χ1) is 9.06. The number of pyridine rings is 1. The van der Waals surface area contributed by atoms with Crippen LogP contribution in [0.3, 0.4) is 0 Å². The van der Waals surface area contributed by atoms with E-state index in [2.05, 4.69) is 10.3 Å². The molecule has 0 radical (unpaired) electrons. The van der Waals surface area contributed by atoms with Crippen molar-refractivity contribution in [3.63, 3.8) is 0 Å². The highest BCUT2D eigenvalue weighted by Crippen LogP contribution is 2.16. The van der Waals surface area contributed by atoms with Crippen LogP contribution >= 0.6 is 0 Å². The van der Waals surface area contributed by atoms with Crippen molar-refractivity contribution in [1.29, 1.82) is 0 Å². The highest BCUT2D eigenvalue weighted by molar-refractivity contribution is 5.95. The molecule has 6 heteroatoms. The van der Waals surface area contributed by atoms with E-state index in [-0.39, 0.29) is 18.1 Å². The van der Waals surface area contributed by atoms with Gasteiger partial charge in [0, 0.05) is 18.8 Å². The van der Waals surface area contributed by atoms with Gasteiger partial charge in [0.1, 0.15) is 18.3 Å². The normalized spacial score (nSPS) is 23.1. The van der Waals surface area contributed by atoms with Gasteiger partial charge in [-0.15, -0.1) is 0 Å². The molecule has 3 N–H and O–H groups in total. The van der Waals surface area contributed by atoms with Crippen molar-refractivity contribution in [1.82, 2.24) is 10.3 Å². The van der Waals surface area contributed by atoms with E-state index in [1.165, 1.54) is 0 Å². The molecule has 1 aliphatic heterocycles. The molecule has 2 heterocycles. The largest absolute Gasteiger partial charge is 0.474 e. The van der Waals surface area contributed by atoms with Gasteiger partial charge in [-0.2, -0.15) is 0 Å². The number of nitrogens with zero attached hydrogens (tertiary/aromatic N) is 1. The van der Waals surface area contributed by atoms with Crippen molar-refractivity contribution in [2.24, 2.45) is 5.73 Å². The Hall–Kier alpha value is -1.66. The number of carbonyl (C=O) groups excluding carboxylic acids is 1. The molecule has 104 valence electrons. The molecule has 0 aliphatic carbocycles. The fourth-order valence-corrected chi connectivity index (χ4v) is 1.97. The van der Waals surface area contributed by atoms with Gasteiger partial charge in [0.05, 0.1) is 6.10 Å². The van der Waals surface area contributed by atoms with Gasteiger partial charge in [-0.1, -0.05) is 0 Å². The lowest BCUT2D eigenvalue weighted by Gasteiger charge is -2.28. The molecule has 1 amide bonds. The first-order valence-electron chi connectivity index (χ1n) is 6.32. The first kappa shape index (κ1) is 13.8. The van der Waals surface area contributed by atoms with Crippen LogP contribution in [0, 0.1) is 6.92 Å². The zero-order chi connectivity index (χ0) is 13.8. The number of rotatable bonds is 4. The summed E-state index contributed by atoms with van der Waals surface area (Å²) >= 11 is 0. The lowest BCUT2D eigenvalue weighted by atomic mass is 10.2. The molecule has 2 unspecified atom stereocenters. The molecule has 1 fully saturated rings. The molecule has 19 heavy (non-hydrogen) atoms. The molecule has 1 aromatic heterocycles. The third-order valence-electron chi connectivity index (χ3n) is 2.90. The Morgan fingerprint density at radius 2 is 2.37 bits per heavy atom. The van der Waals surface area contributed by atoms with Crippen LogP contribution in [0.25, 0.3) is 0 Å². The van der Waals surface area contributed by atoms with Crippen molar-refractivity contribution in [3.05, 3.63) is 23.4 Å². The maximum absolute atomic E-state index is 11.3. The number of morpholine rings is 1. The predicted molar refractivity (Wildman–Crippen MR) is 70.2 cm³/mol. The summed E-state index contributed by atoms with van der Waals surface area (Å²) in [7, 11) is 0. The maximum atomic E-state index is 11.3. The van der Waals surface area contributed by atoms with Crippen LogP contribution in [-0.4, -0.2) is 42.8 Å². The fourth-order valence-electron chi connectivity index (χ4n) is 1.97. The summed E-state index contributed by atoms with van der Waals surface area (Å²) in [6, 6.07) is 3.36. The molecule has 1 aromatic rings. The van der Waals surface area contributed by atoms with Crippen molar-refractivity contribution in [2.45, 2.75) is 26.1 Å². The number of aryl methyl sites for hydroxylation is 1. The standard InChI is InChI=1S/C13H19N3O3/c1-8-3-4-11(12(14)17)13(16-8)18-7-10-6-15-5-9(2)19-10/h3-4,9-10,15H,5-7H2,1-2H3,(H2,14,17). The summed E-state index contributed by atoms with van der Waals surface area (Å²) < 4.78 is 11.3. The van der Waals surface area contributed by atoms with E-state index >= 15 is 0 Å². The molecule has 0 bridgehead atoms. The molecule has 1 saturated heterocycles. The van der Waals surface area contributed by atoms with Gasteiger partial charge in [0.25, 0.3) is 5.91 Å². The van der Waals surface area contributed by atoms with E-state index < -0.39 is 5.91 Å². The van der Waals surface area contributed by atoms with Crippen LogP contribution in [-0.2, 0) is 4.74 Å². The average molecular weight is 265 g/mol. The number of aromatic nitrogens is 1. The van der Waals surface area contributed by atoms with Crippen LogP contribution in [0.1, 0.15) is 23.0 Å². The van der Waals surface area contributed by atoms with E-state index in [4.69, 9.17) is 15.2 Å². The molecule has 6 nitrogen and oxygen atoms in total. The van der Waals surface area contributed by atoms with Crippen LogP contribution < -0.4 is 15.8 Å². The van der Waals surface area contributed by atoms with Gasteiger partial charge in [-0.05, 0) is 26.0 Å². The highest BCUT2D eigenvalue weighted by Gasteiger charge is 2.20. The molecule has 2 atom stereocenters. The monoisotopic (exact) mass is 265 g/mol. The number of nitrogens with one attached hydrogen (secondary N) is 1. The second-order valence-electron chi connectivity index (χ2n) is 4.71. The quantitative estimate of drug-likeness (QED) is 0.814. The number of hydrogen-bond donors (Lipinski definition) is 2. The second-order valence-corrected chi connectivity index (χ2v) is 4.71. The molecule has 0 saturated carbocycles. The summed E-state index contributed by atoms with van der Waals surface area (Å²) in [5.41, 5.74) is 6.36. The Kier molecular flexibility index (Phi) is 4.34. The van der Waals surface area contributed by atoms with E-state index in [1.54, 1.807) is 12.1 Å².